The fraction of sp³-hybridized carbons (Fsp3) is 0.200. The molecule has 2 aromatic heterocycles. The number of rotatable bonds is 5. The minimum atomic E-state index is 0.150. The molecule has 0 unspecified atom stereocenters. The smallest absolute Gasteiger partial charge is 0.252 e. The van der Waals surface area contributed by atoms with E-state index in [9.17, 15) is 0 Å². The molecule has 23 heavy (non-hydrogen) atoms. The molecule has 2 heterocycles. The first-order chi connectivity index (χ1) is 11.2. The molecule has 0 aliphatic carbocycles. The summed E-state index contributed by atoms with van der Waals surface area (Å²) in [5, 5.41) is 15.6. The van der Waals surface area contributed by atoms with Gasteiger partial charge in [0, 0.05) is 11.4 Å². The summed E-state index contributed by atoms with van der Waals surface area (Å²) in [6.07, 6.45) is 1.52. The fourth-order valence-electron chi connectivity index (χ4n) is 2.07. The molecule has 0 saturated heterocycles. The number of benzene rings is 1. The van der Waals surface area contributed by atoms with E-state index in [4.69, 9.17) is 14.7 Å². The molecule has 0 spiro atoms. The Hall–Kier alpha value is -2.92. The first-order valence-electron chi connectivity index (χ1n) is 6.70. The van der Waals surface area contributed by atoms with Crippen molar-refractivity contribution in [2.24, 2.45) is 0 Å². The number of aromatic nitrogens is 4. The zero-order chi connectivity index (χ0) is 16.2. The number of nitriles is 1. The van der Waals surface area contributed by atoms with Gasteiger partial charge in [-0.05, 0) is 12.1 Å². The molecule has 0 aliphatic heterocycles. The molecule has 7 nitrogen and oxygen atoms in total. The van der Waals surface area contributed by atoms with Crippen LogP contribution >= 0.6 is 11.3 Å². The lowest BCUT2D eigenvalue weighted by molar-refractivity contribution is 0.395. The van der Waals surface area contributed by atoms with Crippen LogP contribution in [0.25, 0.3) is 10.6 Å². The fourth-order valence-corrected chi connectivity index (χ4v) is 2.91. The van der Waals surface area contributed by atoms with Gasteiger partial charge in [0.1, 0.15) is 28.9 Å². The van der Waals surface area contributed by atoms with Crippen LogP contribution in [0.15, 0.2) is 29.9 Å². The second-order valence-electron chi connectivity index (χ2n) is 4.59. The number of hydrogen-bond donors (Lipinski definition) is 0. The van der Waals surface area contributed by atoms with Gasteiger partial charge in [-0.2, -0.15) is 5.26 Å². The van der Waals surface area contributed by atoms with E-state index in [-0.39, 0.29) is 5.82 Å². The molecule has 0 atom stereocenters. The molecule has 0 aliphatic rings. The second-order valence-corrected chi connectivity index (χ2v) is 5.45. The van der Waals surface area contributed by atoms with Crippen LogP contribution in [0.4, 0.5) is 0 Å². The molecule has 0 N–H and O–H groups in total. The molecule has 3 aromatic rings. The molecule has 0 radical (unpaired) electrons. The third kappa shape index (κ3) is 3.14. The lowest BCUT2D eigenvalue weighted by Gasteiger charge is -2.08. The van der Waals surface area contributed by atoms with Gasteiger partial charge in [0.15, 0.2) is 0 Å². The van der Waals surface area contributed by atoms with Crippen LogP contribution in [0.2, 0.25) is 0 Å². The van der Waals surface area contributed by atoms with Crippen molar-refractivity contribution in [3.8, 4) is 28.1 Å². The van der Waals surface area contributed by atoms with Crippen LogP contribution < -0.4 is 9.47 Å². The van der Waals surface area contributed by atoms with Crippen LogP contribution in [0, 0.1) is 11.3 Å². The standard InChI is InChI=1S/C15H13N5O2S/c1-21-11-3-4-12(13(5-11)22-2)15-18-10(8-23-15)7-20-9-17-14(6-16)19-20/h3-5,8-9H,7H2,1-2H3. The summed E-state index contributed by atoms with van der Waals surface area (Å²) in [6, 6.07) is 7.52. The number of hydrogen-bond acceptors (Lipinski definition) is 7. The highest BCUT2D eigenvalue weighted by Crippen LogP contribution is 2.35. The topological polar surface area (TPSA) is 85.9 Å². The minimum Gasteiger partial charge on any atom is -0.497 e. The summed E-state index contributed by atoms with van der Waals surface area (Å²) in [7, 11) is 3.23. The van der Waals surface area contributed by atoms with E-state index < -0.39 is 0 Å². The van der Waals surface area contributed by atoms with Crippen molar-refractivity contribution in [1.82, 2.24) is 19.7 Å². The van der Waals surface area contributed by atoms with Gasteiger partial charge in [-0.25, -0.2) is 14.6 Å². The van der Waals surface area contributed by atoms with Crippen molar-refractivity contribution in [2.45, 2.75) is 6.54 Å². The molecule has 116 valence electrons. The maximum absolute atomic E-state index is 8.74. The maximum Gasteiger partial charge on any atom is 0.252 e. The molecule has 0 bridgehead atoms. The van der Waals surface area contributed by atoms with E-state index in [1.165, 1.54) is 17.7 Å². The summed E-state index contributed by atoms with van der Waals surface area (Å²) in [5.41, 5.74) is 1.75. The van der Waals surface area contributed by atoms with Crippen molar-refractivity contribution in [2.75, 3.05) is 14.2 Å². The Bertz CT molecular complexity index is 865. The Morgan fingerprint density at radius 2 is 2.17 bits per heavy atom. The third-order valence-corrected chi connectivity index (χ3v) is 4.08. The monoisotopic (exact) mass is 327 g/mol. The quantitative estimate of drug-likeness (QED) is 0.715. The molecule has 3 rings (SSSR count). The van der Waals surface area contributed by atoms with Crippen molar-refractivity contribution in [3.63, 3.8) is 0 Å². The highest BCUT2D eigenvalue weighted by atomic mass is 32.1. The lowest BCUT2D eigenvalue weighted by Crippen LogP contribution is -2.01. The Labute approximate surface area is 136 Å². The van der Waals surface area contributed by atoms with Crippen LogP contribution in [0.1, 0.15) is 11.5 Å². The van der Waals surface area contributed by atoms with Gasteiger partial charge >= 0.3 is 0 Å². The van der Waals surface area contributed by atoms with Crippen molar-refractivity contribution in [1.29, 1.82) is 5.26 Å². The van der Waals surface area contributed by atoms with E-state index in [0.29, 0.717) is 12.3 Å². The van der Waals surface area contributed by atoms with Gasteiger partial charge in [-0.15, -0.1) is 16.4 Å². The number of nitrogens with zero attached hydrogens (tertiary/aromatic N) is 5. The van der Waals surface area contributed by atoms with E-state index in [1.807, 2.05) is 29.6 Å². The normalized spacial score (nSPS) is 10.3. The number of ether oxygens (including phenoxy) is 2. The molecular formula is C15H13N5O2S. The van der Waals surface area contributed by atoms with Gasteiger partial charge < -0.3 is 9.47 Å². The summed E-state index contributed by atoms with van der Waals surface area (Å²) in [5.74, 6) is 1.59. The first kappa shape index (κ1) is 15.0. The average Bonchev–Trinajstić information content (AvgIpc) is 3.24. The van der Waals surface area contributed by atoms with Gasteiger partial charge in [-0.1, -0.05) is 0 Å². The second kappa shape index (κ2) is 6.46. The zero-order valence-electron chi connectivity index (χ0n) is 12.6. The van der Waals surface area contributed by atoms with E-state index in [2.05, 4.69) is 15.1 Å². The predicted octanol–water partition coefficient (Wildman–Crippen LogP) is 2.34. The molecule has 1 aromatic carbocycles. The largest absolute Gasteiger partial charge is 0.497 e. The minimum absolute atomic E-state index is 0.150. The van der Waals surface area contributed by atoms with Gasteiger partial charge in [0.25, 0.3) is 5.82 Å². The van der Waals surface area contributed by atoms with Gasteiger partial charge in [0.2, 0.25) is 0 Å². The molecule has 0 amide bonds. The Morgan fingerprint density at radius 1 is 1.30 bits per heavy atom. The first-order valence-corrected chi connectivity index (χ1v) is 7.58. The van der Waals surface area contributed by atoms with Crippen molar-refractivity contribution < 1.29 is 9.47 Å². The Morgan fingerprint density at radius 3 is 2.87 bits per heavy atom. The Balaban J connectivity index is 1.85. The summed E-state index contributed by atoms with van der Waals surface area (Å²) in [6.45, 7) is 0.462. The number of methoxy groups -OCH3 is 2. The highest BCUT2D eigenvalue weighted by molar-refractivity contribution is 7.13. The maximum atomic E-state index is 8.74. The summed E-state index contributed by atoms with van der Waals surface area (Å²) in [4.78, 5) is 8.48. The van der Waals surface area contributed by atoms with Crippen molar-refractivity contribution >= 4 is 11.3 Å². The number of thiazole rings is 1. The predicted molar refractivity (Wildman–Crippen MR) is 84.5 cm³/mol. The molecule has 0 fully saturated rings. The SMILES string of the molecule is COc1ccc(-c2nc(Cn3cnc(C#N)n3)cs2)c(OC)c1. The molecular weight excluding hydrogens is 314 g/mol. The van der Waals surface area contributed by atoms with Crippen molar-refractivity contribution in [3.05, 3.63) is 41.4 Å². The zero-order valence-corrected chi connectivity index (χ0v) is 13.4. The molecule has 0 saturated carbocycles. The van der Waals surface area contributed by atoms with Crippen LogP contribution in [-0.2, 0) is 6.54 Å². The van der Waals surface area contributed by atoms with E-state index in [0.717, 1.165) is 22.0 Å². The van der Waals surface area contributed by atoms with E-state index >= 15 is 0 Å². The summed E-state index contributed by atoms with van der Waals surface area (Å²) < 4.78 is 12.2. The lowest BCUT2D eigenvalue weighted by atomic mass is 10.2. The summed E-state index contributed by atoms with van der Waals surface area (Å²) >= 11 is 1.52. The Kier molecular flexibility index (Phi) is 4.21. The van der Waals surface area contributed by atoms with Crippen LogP contribution in [-0.4, -0.2) is 34.0 Å². The van der Waals surface area contributed by atoms with Gasteiger partial charge in [0.05, 0.1) is 32.0 Å². The molecule has 8 heteroatoms. The van der Waals surface area contributed by atoms with Crippen LogP contribution in [0.5, 0.6) is 11.5 Å². The third-order valence-electron chi connectivity index (χ3n) is 3.15. The highest BCUT2D eigenvalue weighted by Gasteiger charge is 2.12. The van der Waals surface area contributed by atoms with E-state index in [1.54, 1.807) is 18.9 Å². The van der Waals surface area contributed by atoms with Gasteiger partial charge in [-0.3, -0.25) is 0 Å². The average molecular weight is 327 g/mol. The van der Waals surface area contributed by atoms with Crippen LogP contribution in [0.3, 0.4) is 0 Å².